The van der Waals surface area contributed by atoms with E-state index in [-0.39, 0.29) is 22.3 Å². The van der Waals surface area contributed by atoms with Gasteiger partial charge in [0, 0.05) is 23.9 Å². The van der Waals surface area contributed by atoms with Crippen LogP contribution in [0.5, 0.6) is 0 Å². The molecule has 0 fully saturated rings. The normalized spacial score (nSPS) is 11.9. The zero-order chi connectivity index (χ0) is 14.7. The number of carbonyl (C=O) groups excluding carboxylic acids is 1. The van der Waals surface area contributed by atoms with Crippen molar-refractivity contribution < 1.29 is 9.72 Å². The van der Waals surface area contributed by atoms with Crippen LogP contribution in [-0.4, -0.2) is 21.0 Å². The van der Waals surface area contributed by atoms with Crippen molar-refractivity contribution in [3.8, 4) is 0 Å². The summed E-state index contributed by atoms with van der Waals surface area (Å²) < 4.78 is 0. The molecule has 0 radical (unpaired) electrons. The van der Waals surface area contributed by atoms with Crippen molar-refractivity contribution in [1.29, 1.82) is 0 Å². The van der Waals surface area contributed by atoms with E-state index in [1.54, 1.807) is 19.3 Å². The highest BCUT2D eigenvalue weighted by Gasteiger charge is 2.18. The summed E-state index contributed by atoms with van der Waals surface area (Å²) in [5, 5.41) is 20.0. The lowest BCUT2D eigenvalue weighted by molar-refractivity contribution is -0.384. The number of rotatable bonds is 4. The third kappa shape index (κ3) is 2.94. The number of nitro groups is 1. The highest BCUT2D eigenvalue weighted by atomic mass is 35.5. The number of aromatic amines is 1. The number of H-pyrrole nitrogens is 1. The van der Waals surface area contributed by atoms with Crippen LogP contribution in [0, 0.1) is 10.1 Å². The maximum Gasteiger partial charge on any atom is 0.270 e. The van der Waals surface area contributed by atoms with E-state index in [4.69, 9.17) is 11.6 Å². The molecule has 20 heavy (non-hydrogen) atoms. The Labute approximate surface area is 119 Å². The molecule has 1 aromatic carbocycles. The fourth-order valence-corrected chi connectivity index (χ4v) is 1.86. The van der Waals surface area contributed by atoms with Gasteiger partial charge in [0.25, 0.3) is 11.6 Å². The number of carbonyl (C=O) groups is 1. The number of halogens is 1. The summed E-state index contributed by atoms with van der Waals surface area (Å²) in [6, 6.07) is 3.44. The van der Waals surface area contributed by atoms with Gasteiger partial charge in [-0.15, -0.1) is 0 Å². The lowest BCUT2D eigenvalue weighted by Crippen LogP contribution is -2.26. The summed E-state index contributed by atoms with van der Waals surface area (Å²) in [6.45, 7) is 1.77. The number of nitro benzene ring substituents is 1. The Bertz CT molecular complexity index is 642. The average molecular weight is 295 g/mol. The van der Waals surface area contributed by atoms with E-state index in [0.29, 0.717) is 0 Å². The smallest absolute Gasteiger partial charge is 0.270 e. The zero-order valence-corrected chi connectivity index (χ0v) is 11.2. The lowest BCUT2D eigenvalue weighted by atomic mass is 10.1. The Morgan fingerprint density at radius 3 is 2.90 bits per heavy atom. The lowest BCUT2D eigenvalue weighted by Gasteiger charge is -2.12. The van der Waals surface area contributed by atoms with Gasteiger partial charge >= 0.3 is 0 Å². The summed E-state index contributed by atoms with van der Waals surface area (Å²) >= 11 is 5.90. The molecular weight excluding hydrogens is 284 g/mol. The van der Waals surface area contributed by atoms with Gasteiger partial charge in [-0.2, -0.15) is 5.10 Å². The second-order valence-corrected chi connectivity index (χ2v) is 4.56. The molecule has 2 rings (SSSR count). The molecule has 0 aliphatic heterocycles. The monoisotopic (exact) mass is 294 g/mol. The van der Waals surface area contributed by atoms with E-state index in [9.17, 15) is 14.9 Å². The summed E-state index contributed by atoms with van der Waals surface area (Å²) in [5.74, 6) is -0.479. The molecule has 0 saturated carbocycles. The van der Waals surface area contributed by atoms with Gasteiger partial charge in [-0.1, -0.05) is 11.6 Å². The highest BCUT2D eigenvalue weighted by Crippen LogP contribution is 2.22. The molecule has 1 atom stereocenters. The number of benzene rings is 1. The van der Waals surface area contributed by atoms with Crippen molar-refractivity contribution in [1.82, 2.24) is 15.5 Å². The summed E-state index contributed by atoms with van der Waals surface area (Å²) in [5.41, 5.74) is 0.673. The van der Waals surface area contributed by atoms with Gasteiger partial charge in [-0.25, -0.2) is 0 Å². The number of amides is 1. The Hall–Kier alpha value is -2.41. The molecule has 104 valence electrons. The van der Waals surface area contributed by atoms with Crippen LogP contribution in [0.3, 0.4) is 0 Å². The first-order valence-corrected chi connectivity index (χ1v) is 6.10. The number of nitrogens with zero attached hydrogens (tertiary/aromatic N) is 2. The highest BCUT2D eigenvalue weighted by molar-refractivity contribution is 6.33. The van der Waals surface area contributed by atoms with Crippen molar-refractivity contribution in [2.45, 2.75) is 13.0 Å². The fraction of sp³-hybridized carbons (Fsp3) is 0.167. The van der Waals surface area contributed by atoms with Gasteiger partial charge in [-0.05, 0) is 13.0 Å². The first kappa shape index (κ1) is 14.0. The fourth-order valence-electron chi connectivity index (χ4n) is 1.66. The number of hydrogen-bond donors (Lipinski definition) is 2. The molecule has 2 aromatic rings. The molecular formula is C12H11ClN4O3. The minimum absolute atomic E-state index is 0.0659. The van der Waals surface area contributed by atoms with Crippen LogP contribution in [0.1, 0.15) is 28.9 Å². The molecule has 1 amide bonds. The van der Waals surface area contributed by atoms with E-state index in [1.165, 1.54) is 12.1 Å². The van der Waals surface area contributed by atoms with E-state index in [2.05, 4.69) is 15.5 Å². The first-order chi connectivity index (χ1) is 9.49. The van der Waals surface area contributed by atoms with E-state index in [0.717, 1.165) is 11.6 Å². The van der Waals surface area contributed by atoms with Crippen LogP contribution in [0.4, 0.5) is 5.69 Å². The maximum atomic E-state index is 12.1. The topological polar surface area (TPSA) is 101 Å². The van der Waals surface area contributed by atoms with Gasteiger partial charge in [-0.3, -0.25) is 20.0 Å². The van der Waals surface area contributed by atoms with Gasteiger partial charge in [0.05, 0.1) is 27.7 Å². The third-order valence-corrected chi connectivity index (χ3v) is 3.10. The second-order valence-electron chi connectivity index (χ2n) is 4.15. The molecule has 1 unspecified atom stereocenters. The van der Waals surface area contributed by atoms with Gasteiger partial charge in [0.15, 0.2) is 0 Å². The van der Waals surface area contributed by atoms with Crippen molar-refractivity contribution in [3.63, 3.8) is 0 Å². The zero-order valence-electron chi connectivity index (χ0n) is 10.5. The largest absolute Gasteiger partial charge is 0.345 e. The Morgan fingerprint density at radius 1 is 1.55 bits per heavy atom. The molecule has 0 saturated heterocycles. The minimum Gasteiger partial charge on any atom is -0.345 e. The number of nitrogens with one attached hydrogen (secondary N) is 2. The molecule has 0 bridgehead atoms. The molecule has 8 heteroatoms. The van der Waals surface area contributed by atoms with Crippen LogP contribution in [0.15, 0.2) is 30.6 Å². The van der Waals surface area contributed by atoms with E-state index in [1.807, 2.05) is 0 Å². The van der Waals surface area contributed by atoms with Crippen LogP contribution >= 0.6 is 11.6 Å². The predicted octanol–water partition coefficient (Wildman–Crippen LogP) is 2.46. The Balaban J connectivity index is 2.20. The van der Waals surface area contributed by atoms with Crippen LogP contribution in [-0.2, 0) is 0 Å². The number of aromatic nitrogens is 2. The quantitative estimate of drug-likeness (QED) is 0.668. The van der Waals surface area contributed by atoms with Gasteiger partial charge in [0.1, 0.15) is 0 Å². The van der Waals surface area contributed by atoms with E-state index < -0.39 is 10.8 Å². The van der Waals surface area contributed by atoms with Crippen LogP contribution < -0.4 is 5.32 Å². The summed E-state index contributed by atoms with van der Waals surface area (Å²) in [7, 11) is 0. The van der Waals surface area contributed by atoms with Gasteiger partial charge in [0.2, 0.25) is 0 Å². The number of hydrogen-bond acceptors (Lipinski definition) is 4. The summed E-state index contributed by atoms with van der Waals surface area (Å²) in [4.78, 5) is 22.2. The standard InChI is InChI=1S/C12H11ClN4O3/c1-7(8-5-14-15-6-8)16-12(18)10-4-9(17(19)20)2-3-11(10)13/h2-7H,1H3,(H,14,15)(H,16,18). The molecule has 1 heterocycles. The SMILES string of the molecule is CC(NC(=O)c1cc([N+](=O)[O-])ccc1Cl)c1cn[nH]c1. The Kier molecular flexibility index (Phi) is 3.99. The average Bonchev–Trinajstić information content (AvgIpc) is 2.92. The molecule has 2 N–H and O–H groups in total. The number of non-ortho nitro benzene ring substituents is 1. The van der Waals surface area contributed by atoms with Crippen molar-refractivity contribution in [2.24, 2.45) is 0 Å². The van der Waals surface area contributed by atoms with Crippen molar-refractivity contribution >= 4 is 23.2 Å². The van der Waals surface area contributed by atoms with Crippen LogP contribution in [0.25, 0.3) is 0 Å². The molecule has 1 aromatic heterocycles. The second kappa shape index (κ2) is 5.70. The molecule has 7 nitrogen and oxygen atoms in total. The molecule has 0 aliphatic carbocycles. The summed E-state index contributed by atoms with van der Waals surface area (Å²) in [6.07, 6.45) is 3.24. The Morgan fingerprint density at radius 2 is 2.30 bits per heavy atom. The van der Waals surface area contributed by atoms with Crippen LogP contribution in [0.2, 0.25) is 5.02 Å². The molecule has 0 aliphatic rings. The first-order valence-electron chi connectivity index (χ1n) is 5.72. The van der Waals surface area contributed by atoms with Crippen molar-refractivity contribution in [3.05, 3.63) is 56.9 Å². The molecule has 0 spiro atoms. The van der Waals surface area contributed by atoms with E-state index >= 15 is 0 Å². The van der Waals surface area contributed by atoms with Gasteiger partial charge < -0.3 is 5.32 Å². The maximum absolute atomic E-state index is 12.1. The third-order valence-electron chi connectivity index (χ3n) is 2.77. The van der Waals surface area contributed by atoms with Crippen molar-refractivity contribution in [2.75, 3.05) is 0 Å². The minimum atomic E-state index is -0.577. The predicted molar refractivity (Wildman–Crippen MR) is 72.6 cm³/mol.